The molecule has 1 aliphatic heterocycles. The second kappa shape index (κ2) is 6.62. The van der Waals surface area contributed by atoms with Crippen molar-refractivity contribution in [2.45, 2.75) is 25.7 Å². The van der Waals surface area contributed by atoms with Gasteiger partial charge in [-0.15, -0.1) is 0 Å². The third kappa shape index (κ3) is 3.17. The molecular weight excluding hydrogens is 336 g/mol. The van der Waals surface area contributed by atoms with Crippen molar-refractivity contribution in [3.05, 3.63) is 52.5 Å². The van der Waals surface area contributed by atoms with Gasteiger partial charge in [0.05, 0.1) is 11.6 Å². The van der Waals surface area contributed by atoms with Crippen LogP contribution in [0.1, 0.15) is 30.5 Å². The minimum atomic E-state index is -0.213. The summed E-state index contributed by atoms with van der Waals surface area (Å²) in [7, 11) is 0. The second-order valence-corrected chi connectivity index (χ2v) is 6.38. The number of hydrogen-bond acceptors (Lipinski definition) is 6. The summed E-state index contributed by atoms with van der Waals surface area (Å²) in [6, 6.07) is 6.16. The molecular formula is C18H18N4O4. The van der Waals surface area contributed by atoms with E-state index in [1.165, 1.54) is 12.3 Å². The topological polar surface area (TPSA) is 101 Å². The highest BCUT2D eigenvalue weighted by atomic mass is 16.5. The Morgan fingerprint density at radius 3 is 3.04 bits per heavy atom. The first-order chi connectivity index (χ1) is 12.6. The number of piperidine rings is 1. The van der Waals surface area contributed by atoms with Crippen molar-refractivity contribution in [3.63, 3.8) is 0 Å². The van der Waals surface area contributed by atoms with Crippen molar-refractivity contribution in [2.24, 2.45) is 0 Å². The number of carbonyl (C=O) groups excluding carboxylic acids is 1. The Morgan fingerprint density at radius 1 is 1.35 bits per heavy atom. The summed E-state index contributed by atoms with van der Waals surface area (Å²) in [6.07, 6.45) is 3.14. The largest absolute Gasteiger partial charge is 0.464 e. The molecule has 3 aromatic rings. The third-order valence-corrected chi connectivity index (χ3v) is 4.53. The van der Waals surface area contributed by atoms with Gasteiger partial charge in [-0.3, -0.25) is 4.79 Å². The number of urea groups is 1. The van der Waals surface area contributed by atoms with E-state index in [4.69, 9.17) is 8.94 Å². The number of hydrogen-bond donors (Lipinski definition) is 1. The minimum Gasteiger partial charge on any atom is -0.464 e. The lowest BCUT2D eigenvalue weighted by molar-refractivity contribution is 0.190. The normalized spacial score (nSPS) is 17.4. The Balaban J connectivity index is 1.49. The van der Waals surface area contributed by atoms with Crippen LogP contribution in [0.2, 0.25) is 0 Å². The Morgan fingerprint density at radius 2 is 2.23 bits per heavy atom. The van der Waals surface area contributed by atoms with Crippen LogP contribution in [0.3, 0.4) is 0 Å². The quantitative estimate of drug-likeness (QED) is 0.759. The van der Waals surface area contributed by atoms with Crippen molar-refractivity contribution >= 4 is 22.7 Å². The molecule has 134 valence electrons. The number of nitrogens with zero attached hydrogens (tertiary/aromatic N) is 3. The first-order valence-corrected chi connectivity index (χ1v) is 8.48. The minimum absolute atomic E-state index is 0.0654. The van der Waals surface area contributed by atoms with Gasteiger partial charge in [0, 0.05) is 37.7 Å². The number of carbonyl (C=O) groups is 1. The van der Waals surface area contributed by atoms with Gasteiger partial charge in [0.1, 0.15) is 5.58 Å². The number of likely N-dealkylation sites (tertiary alicyclic amines) is 1. The number of anilines is 1. The highest BCUT2D eigenvalue weighted by molar-refractivity contribution is 5.92. The lowest BCUT2D eigenvalue weighted by Crippen LogP contribution is -2.41. The van der Waals surface area contributed by atoms with Crippen LogP contribution < -0.4 is 10.7 Å². The number of amides is 2. The molecule has 26 heavy (non-hydrogen) atoms. The average Bonchev–Trinajstić information content (AvgIpc) is 3.09. The number of benzene rings is 1. The lowest BCUT2D eigenvalue weighted by Gasteiger charge is -2.31. The smallest absolute Gasteiger partial charge is 0.321 e. The molecule has 8 heteroatoms. The molecule has 2 amide bonds. The Bertz CT molecular complexity index is 1010. The highest BCUT2D eigenvalue weighted by Gasteiger charge is 2.27. The van der Waals surface area contributed by atoms with Crippen LogP contribution in [-0.2, 0) is 0 Å². The molecule has 0 spiro atoms. The van der Waals surface area contributed by atoms with Crippen LogP contribution >= 0.6 is 0 Å². The van der Waals surface area contributed by atoms with Gasteiger partial charge >= 0.3 is 6.03 Å². The second-order valence-electron chi connectivity index (χ2n) is 6.38. The van der Waals surface area contributed by atoms with E-state index < -0.39 is 0 Å². The molecule has 2 aromatic heterocycles. The van der Waals surface area contributed by atoms with E-state index in [0.29, 0.717) is 41.5 Å². The summed E-state index contributed by atoms with van der Waals surface area (Å²) in [5.41, 5.74) is 0.896. The summed E-state index contributed by atoms with van der Waals surface area (Å²) in [4.78, 5) is 30.5. The first-order valence-electron chi connectivity index (χ1n) is 8.48. The molecule has 1 saturated heterocycles. The van der Waals surface area contributed by atoms with Crippen molar-refractivity contribution in [2.75, 3.05) is 18.4 Å². The summed E-state index contributed by atoms with van der Waals surface area (Å²) < 4.78 is 10.3. The van der Waals surface area contributed by atoms with Gasteiger partial charge in [-0.25, -0.2) is 4.79 Å². The van der Waals surface area contributed by atoms with Crippen molar-refractivity contribution in [1.29, 1.82) is 0 Å². The monoisotopic (exact) mass is 354 g/mol. The van der Waals surface area contributed by atoms with Crippen LogP contribution in [0, 0.1) is 6.92 Å². The zero-order chi connectivity index (χ0) is 18.1. The number of aryl methyl sites for hydroxylation is 1. The fraction of sp³-hybridized carbons (Fsp3) is 0.333. The predicted molar refractivity (Wildman–Crippen MR) is 94.1 cm³/mol. The molecule has 1 aliphatic rings. The SMILES string of the molecule is Cc1nc(C2CCCN(C(=O)Nc3ccc4occc(=O)c4c3)C2)no1. The van der Waals surface area contributed by atoms with Crippen LogP contribution in [0.4, 0.5) is 10.5 Å². The first kappa shape index (κ1) is 16.3. The zero-order valence-electron chi connectivity index (χ0n) is 14.3. The van der Waals surface area contributed by atoms with E-state index >= 15 is 0 Å². The van der Waals surface area contributed by atoms with Gasteiger partial charge in [0.15, 0.2) is 11.3 Å². The van der Waals surface area contributed by atoms with E-state index in [0.717, 1.165) is 12.8 Å². The average molecular weight is 354 g/mol. The molecule has 0 bridgehead atoms. The van der Waals surface area contributed by atoms with Gasteiger partial charge in [-0.1, -0.05) is 5.16 Å². The molecule has 1 unspecified atom stereocenters. The number of rotatable bonds is 2. The molecule has 0 aliphatic carbocycles. The van der Waals surface area contributed by atoms with E-state index in [9.17, 15) is 9.59 Å². The van der Waals surface area contributed by atoms with Gasteiger partial charge in [-0.2, -0.15) is 4.98 Å². The maximum atomic E-state index is 12.6. The number of nitrogens with one attached hydrogen (secondary N) is 1. The molecule has 1 fully saturated rings. The summed E-state index contributed by atoms with van der Waals surface area (Å²) in [6.45, 7) is 2.94. The van der Waals surface area contributed by atoms with Crippen LogP contribution in [0.25, 0.3) is 11.0 Å². The summed E-state index contributed by atoms with van der Waals surface area (Å²) in [5.74, 6) is 1.23. The van der Waals surface area contributed by atoms with Crippen molar-refractivity contribution in [1.82, 2.24) is 15.0 Å². The van der Waals surface area contributed by atoms with E-state index in [2.05, 4.69) is 15.5 Å². The summed E-state index contributed by atoms with van der Waals surface area (Å²) in [5, 5.41) is 7.26. The third-order valence-electron chi connectivity index (χ3n) is 4.53. The highest BCUT2D eigenvalue weighted by Crippen LogP contribution is 2.25. The molecule has 0 saturated carbocycles. The molecule has 1 N–H and O–H groups in total. The van der Waals surface area contributed by atoms with E-state index in [1.54, 1.807) is 30.0 Å². The van der Waals surface area contributed by atoms with Crippen LogP contribution in [0.15, 0.2) is 44.3 Å². The van der Waals surface area contributed by atoms with Crippen LogP contribution in [-0.4, -0.2) is 34.2 Å². The van der Waals surface area contributed by atoms with E-state index in [1.807, 2.05) is 0 Å². The standard InChI is InChI=1S/C18H18N4O4/c1-11-19-17(21-26-11)12-3-2-7-22(10-12)18(24)20-13-4-5-16-14(9-13)15(23)6-8-25-16/h4-6,8-9,12H,2-3,7,10H2,1H3,(H,20,24). The number of fused-ring (bicyclic) bond motifs is 1. The van der Waals surface area contributed by atoms with E-state index in [-0.39, 0.29) is 17.4 Å². The van der Waals surface area contributed by atoms with Gasteiger partial charge in [0.25, 0.3) is 0 Å². The molecule has 3 heterocycles. The van der Waals surface area contributed by atoms with Gasteiger partial charge in [0.2, 0.25) is 5.89 Å². The van der Waals surface area contributed by atoms with Gasteiger partial charge in [-0.05, 0) is 31.0 Å². The maximum Gasteiger partial charge on any atom is 0.321 e. The molecule has 1 aromatic carbocycles. The molecule has 0 radical (unpaired) electrons. The summed E-state index contributed by atoms with van der Waals surface area (Å²) >= 11 is 0. The molecule has 4 rings (SSSR count). The maximum absolute atomic E-state index is 12.6. The predicted octanol–water partition coefficient (Wildman–Crippen LogP) is 2.90. The molecule has 8 nitrogen and oxygen atoms in total. The number of aromatic nitrogens is 2. The fourth-order valence-corrected chi connectivity index (χ4v) is 3.22. The van der Waals surface area contributed by atoms with Gasteiger partial charge < -0.3 is 19.2 Å². The lowest BCUT2D eigenvalue weighted by atomic mass is 9.98. The van der Waals surface area contributed by atoms with Crippen molar-refractivity contribution in [3.8, 4) is 0 Å². The fourth-order valence-electron chi connectivity index (χ4n) is 3.22. The van der Waals surface area contributed by atoms with Crippen LogP contribution in [0.5, 0.6) is 0 Å². The molecule has 1 atom stereocenters. The van der Waals surface area contributed by atoms with Crippen molar-refractivity contribution < 1.29 is 13.7 Å². The Labute approximate surface area is 148 Å². The Hall–Kier alpha value is -3.16. The Kier molecular flexibility index (Phi) is 4.16. The zero-order valence-corrected chi connectivity index (χ0v) is 14.3.